The number of hydrogen-bond donors (Lipinski definition) is 3. The van der Waals surface area contributed by atoms with Crippen LogP contribution in [0.1, 0.15) is 27.2 Å². The third-order valence-corrected chi connectivity index (χ3v) is 4.63. The van der Waals surface area contributed by atoms with Crippen LogP contribution in [0.5, 0.6) is 0 Å². The molecule has 1 amide bonds. The van der Waals surface area contributed by atoms with Crippen LogP contribution in [0.3, 0.4) is 0 Å². The number of nitrogens with zero attached hydrogens (tertiary/aromatic N) is 2. The second kappa shape index (κ2) is 4.52. The van der Waals surface area contributed by atoms with Crippen molar-refractivity contribution in [3.05, 3.63) is 46.9 Å². The third-order valence-electron chi connectivity index (χ3n) is 4.63. The first-order chi connectivity index (χ1) is 11.0. The lowest BCUT2D eigenvalue weighted by Gasteiger charge is -2.20. The molecule has 0 aromatic carbocycles. The molecule has 0 unspecified atom stereocenters. The first-order valence-electron chi connectivity index (χ1n) is 7.24. The Morgan fingerprint density at radius 1 is 1.30 bits per heavy atom. The largest absolute Gasteiger partial charge is 0.478 e. The highest BCUT2D eigenvalue weighted by Gasteiger charge is 2.52. The predicted molar refractivity (Wildman–Crippen MR) is 82.7 cm³/mol. The maximum Gasteiger partial charge on any atom is 0.337 e. The van der Waals surface area contributed by atoms with E-state index in [9.17, 15) is 9.59 Å². The van der Waals surface area contributed by atoms with Crippen molar-refractivity contribution < 1.29 is 14.7 Å². The summed E-state index contributed by atoms with van der Waals surface area (Å²) in [6.45, 7) is 0. The fourth-order valence-electron chi connectivity index (χ4n) is 3.41. The highest BCUT2D eigenvalue weighted by molar-refractivity contribution is 6.06. The Kier molecular flexibility index (Phi) is 2.69. The molecule has 2 aromatic rings. The normalized spacial score (nSPS) is 21.0. The fourth-order valence-corrected chi connectivity index (χ4v) is 3.41. The van der Waals surface area contributed by atoms with Gasteiger partial charge < -0.3 is 15.7 Å². The van der Waals surface area contributed by atoms with E-state index < -0.39 is 11.4 Å². The van der Waals surface area contributed by atoms with Gasteiger partial charge in [0.25, 0.3) is 0 Å². The van der Waals surface area contributed by atoms with E-state index in [2.05, 4.69) is 20.6 Å². The monoisotopic (exact) mass is 310 g/mol. The van der Waals surface area contributed by atoms with E-state index in [-0.39, 0.29) is 11.5 Å². The lowest BCUT2D eigenvalue weighted by atomic mass is 9.79. The molecule has 0 saturated carbocycles. The van der Waals surface area contributed by atoms with Gasteiger partial charge in [-0.25, -0.2) is 9.78 Å². The summed E-state index contributed by atoms with van der Waals surface area (Å²) in [5.74, 6) is -0.556. The van der Waals surface area contributed by atoms with Gasteiger partial charge >= 0.3 is 5.97 Å². The summed E-state index contributed by atoms with van der Waals surface area (Å²) in [7, 11) is 1.80. The molecule has 1 aliphatic carbocycles. The van der Waals surface area contributed by atoms with Crippen molar-refractivity contribution in [1.29, 1.82) is 0 Å². The van der Waals surface area contributed by atoms with Crippen LogP contribution in [0.4, 0.5) is 11.5 Å². The van der Waals surface area contributed by atoms with Crippen molar-refractivity contribution in [2.24, 2.45) is 0 Å². The van der Waals surface area contributed by atoms with E-state index in [1.807, 2.05) is 6.07 Å². The van der Waals surface area contributed by atoms with E-state index in [1.54, 1.807) is 19.3 Å². The average molecular weight is 310 g/mol. The summed E-state index contributed by atoms with van der Waals surface area (Å²) in [5.41, 5.74) is 2.64. The minimum Gasteiger partial charge on any atom is -0.478 e. The van der Waals surface area contributed by atoms with Crippen LogP contribution in [0.2, 0.25) is 0 Å². The molecule has 4 rings (SSSR count). The zero-order valence-corrected chi connectivity index (χ0v) is 12.4. The van der Waals surface area contributed by atoms with E-state index >= 15 is 0 Å². The minimum absolute atomic E-state index is 0.108. The molecule has 0 fully saturated rings. The van der Waals surface area contributed by atoms with E-state index in [4.69, 9.17) is 5.11 Å². The van der Waals surface area contributed by atoms with Gasteiger partial charge in [0, 0.05) is 30.9 Å². The number of amides is 1. The number of aromatic nitrogens is 2. The van der Waals surface area contributed by atoms with E-state index in [1.165, 1.54) is 6.20 Å². The Bertz CT molecular complexity index is 864. The summed E-state index contributed by atoms with van der Waals surface area (Å²) in [6.07, 6.45) is 3.90. The molecule has 3 heterocycles. The van der Waals surface area contributed by atoms with Gasteiger partial charge in [-0.05, 0) is 24.1 Å². The van der Waals surface area contributed by atoms with Gasteiger partial charge in [-0.15, -0.1) is 0 Å². The van der Waals surface area contributed by atoms with Gasteiger partial charge in [0.1, 0.15) is 5.82 Å². The van der Waals surface area contributed by atoms with Crippen LogP contribution in [0.25, 0.3) is 0 Å². The Hall–Kier alpha value is -2.96. The average Bonchev–Trinajstić information content (AvgIpc) is 3.05. The van der Waals surface area contributed by atoms with Gasteiger partial charge in [-0.1, -0.05) is 0 Å². The molecule has 2 aliphatic rings. The molecule has 0 radical (unpaired) electrons. The maximum absolute atomic E-state index is 12.6. The SMILES string of the molecule is CNc1cnc2c(c1)[C@@]1(Cc3cc(C(=O)O)cnc3C1)C(=O)N2. The van der Waals surface area contributed by atoms with Gasteiger partial charge in [0.15, 0.2) is 0 Å². The molecular weight excluding hydrogens is 296 g/mol. The molecule has 1 atom stereocenters. The second-order valence-electron chi connectivity index (χ2n) is 5.89. The van der Waals surface area contributed by atoms with Crippen molar-refractivity contribution in [3.63, 3.8) is 0 Å². The van der Waals surface area contributed by atoms with Crippen molar-refractivity contribution >= 4 is 23.4 Å². The number of nitrogens with one attached hydrogen (secondary N) is 2. The number of pyridine rings is 2. The lowest BCUT2D eigenvalue weighted by Crippen LogP contribution is -2.35. The summed E-state index contributed by atoms with van der Waals surface area (Å²) >= 11 is 0. The standard InChI is InChI=1S/C16H14N4O3/c1-17-10-3-11-13(19-7-10)20-15(23)16(11)4-8-2-9(14(21)22)6-18-12(8)5-16/h2-3,6-7,17H,4-5H2,1H3,(H,21,22)(H,19,20,23)/t16-/m0/s1. The summed E-state index contributed by atoms with van der Waals surface area (Å²) in [4.78, 5) is 32.3. The molecule has 23 heavy (non-hydrogen) atoms. The molecule has 1 spiro atoms. The molecule has 3 N–H and O–H groups in total. The molecule has 7 nitrogen and oxygen atoms in total. The predicted octanol–water partition coefficient (Wildman–Crippen LogP) is 1.21. The molecule has 2 aromatic heterocycles. The molecule has 0 saturated heterocycles. The molecule has 0 bridgehead atoms. The first-order valence-corrected chi connectivity index (χ1v) is 7.24. The van der Waals surface area contributed by atoms with Gasteiger partial charge in [-0.3, -0.25) is 9.78 Å². The topological polar surface area (TPSA) is 104 Å². The number of rotatable bonds is 2. The zero-order chi connectivity index (χ0) is 16.2. The summed E-state index contributed by atoms with van der Waals surface area (Å²) in [5, 5.41) is 15.0. The van der Waals surface area contributed by atoms with Crippen molar-refractivity contribution in [1.82, 2.24) is 9.97 Å². The van der Waals surface area contributed by atoms with E-state index in [0.717, 1.165) is 22.5 Å². The number of carboxylic acids is 1. The molecule has 7 heteroatoms. The first kappa shape index (κ1) is 13.7. The summed E-state index contributed by atoms with van der Waals surface area (Å²) in [6, 6.07) is 3.53. The van der Waals surface area contributed by atoms with Crippen LogP contribution in [-0.4, -0.2) is 34.0 Å². The minimum atomic E-state index is -1.02. The summed E-state index contributed by atoms with van der Waals surface area (Å²) < 4.78 is 0. The highest BCUT2D eigenvalue weighted by Crippen LogP contribution is 2.46. The number of carbonyl (C=O) groups excluding carboxylic acids is 1. The van der Waals surface area contributed by atoms with Crippen LogP contribution in [0.15, 0.2) is 24.5 Å². The van der Waals surface area contributed by atoms with Crippen molar-refractivity contribution in [2.45, 2.75) is 18.3 Å². The van der Waals surface area contributed by atoms with E-state index in [0.29, 0.717) is 18.7 Å². The van der Waals surface area contributed by atoms with Crippen LogP contribution in [0, 0.1) is 0 Å². The van der Waals surface area contributed by atoms with Gasteiger partial charge in [0.05, 0.1) is 22.9 Å². The fraction of sp³-hybridized carbons (Fsp3) is 0.250. The molecular formula is C16H14N4O3. The van der Waals surface area contributed by atoms with Crippen molar-refractivity contribution in [2.75, 3.05) is 17.7 Å². The molecule has 116 valence electrons. The highest BCUT2D eigenvalue weighted by atomic mass is 16.4. The molecule has 1 aliphatic heterocycles. The number of fused-ring (bicyclic) bond motifs is 3. The van der Waals surface area contributed by atoms with Gasteiger partial charge in [0.2, 0.25) is 5.91 Å². The Balaban J connectivity index is 1.82. The van der Waals surface area contributed by atoms with Crippen LogP contribution < -0.4 is 10.6 Å². The Morgan fingerprint density at radius 2 is 2.13 bits per heavy atom. The smallest absolute Gasteiger partial charge is 0.337 e. The van der Waals surface area contributed by atoms with Crippen LogP contribution >= 0.6 is 0 Å². The Labute approximate surface area is 131 Å². The zero-order valence-electron chi connectivity index (χ0n) is 12.4. The number of hydrogen-bond acceptors (Lipinski definition) is 5. The number of carboxylic acid groups (broad SMARTS) is 1. The third kappa shape index (κ3) is 1.82. The quantitative estimate of drug-likeness (QED) is 0.770. The maximum atomic E-state index is 12.6. The van der Waals surface area contributed by atoms with Crippen LogP contribution in [-0.2, 0) is 23.1 Å². The second-order valence-corrected chi connectivity index (χ2v) is 5.89. The number of aromatic carboxylic acids is 1. The number of carbonyl (C=O) groups is 2. The van der Waals surface area contributed by atoms with Crippen molar-refractivity contribution in [3.8, 4) is 0 Å². The number of anilines is 2. The Morgan fingerprint density at radius 3 is 2.87 bits per heavy atom. The van der Waals surface area contributed by atoms with Gasteiger partial charge in [-0.2, -0.15) is 0 Å². The lowest BCUT2D eigenvalue weighted by molar-refractivity contribution is -0.120.